The van der Waals surface area contributed by atoms with E-state index in [4.69, 9.17) is 4.74 Å². The molecule has 1 atom stereocenters. The monoisotopic (exact) mass is 524 g/mol. The maximum Gasteiger partial charge on any atom is 0.307 e. The smallest absolute Gasteiger partial charge is 0.307 e. The van der Waals surface area contributed by atoms with E-state index < -0.39 is 0 Å². The molecule has 3 aromatic heterocycles. The van der Waals surface area contributed by atoms with Gasteiger partial charge in [-0.15, -0.1) is 0 Å². The Morgan fingerprint density at radius 1 is 1.03 bits per heavy atom. The molecule has 0 saturated carbocycles. The molecule has 1 aromatic carbocycles. The Hall–Kier alpha value is -4.44. The minimum Gasteiger partial charge on any atom is -0.466 e. The van der Waals surface area contributed by atoms with Crippen molar-refractivity contribution in [3.63, 3.8) is 0 Å². The van der Waals surface area contributed by atoms with Crippen LogP contribution in [0, 0.1) is 6.92 Å². The van der Waals surface area contributed by atoms with Gasteiger partial charge in [0.05, 0.1) is 19.1 Å². The van der Waals surface area contributed by atoms with Gasteiger partial charge in [0.2, 0.25) is 0 Å². The van der Waals surface area contributed by atoms with Crippen molar-refractivity contribution in [3.8, 4) is 11.5 Å². The second-order valence-electron chi connectivity index (χ2n) is 9.32. The number of hydrogen-bond donors (Lipinski definition) is 2. The van der Waals surface area contributed by atoms with Crippen molar-refractivity contribution in [2.75, 3.05) is 36.5 Å². The van der Waals surface area contributed by atoms with Crippen LogP contribution in [0.25, 0.3) is 11.5 Å². The van der Waals surface area contributed by atoms with Gasteiger partial charge in [-0.2, -0.15) is 0 Å². The van der Waals surface area contributed by atoms with E-state index in [0.29, 0.717) is 42.7 Å². The topological polar surface area (TPSA) is 118 Å². The molecule has 39 heavy (non-hydrogen) atoms. The SMILES string of the molecule is CCOC(=O)CC1CNCCN1c1ccc(Cc2nccc(Nc3ccnc(-c4cccc(C)n4)n3)n2)cc1. The summed E-state index contributed by atoms with van der Waals surface area (Å²) in [7, 11) is 0. The highest BCUT2D eigenvalue weighted by Gasteiger charge is 2.25. The van der Waals surface area contributed by atoms with E-state index in [1.54, 1.807) is 18.5 Å². The Labute approximate surface area is 227 Å². The van der Waals surface area contributed by atoms with Crippen molar-refractivity contribution in [3.05, 3.63) is 84.1 Å². The first kappa shape index (κ1) is 26.2. The molecule has 0 amide bonds. The number of piperazine rings is 1. The number of anilines is 3. The predicted octanol–water partition coefficient (Wildman–Crippen LogP) is 3.70. The van der Waals surface area contributed by atoms with Gasteiger partial charge in [0.25, 0.3) is 0 Å². The number of carbonyl (C=O) groups excluding carboxylic acids is 1. The van der Waals surface area contributed by atoms with Crippen LogP contribution in [0.5, 0.6) is 0 Å². The second kappa shape index (κ2) is 12.4. The van der Waals surface area contributed by atoms with Gasteiger partial charge < -0.3 is 20.3 Å². The van der Waals surface area contributed by atoms with Gasteiger partial charge in [-0.05, 0) is 55.8 Å². The van der Waals surface area contributed by atoms with Crippen molar-refractivity contribution in [1.29, 1.82) is 0 Å². The number of aryl methyl sites for hydroxylation is 1. The van der Waals surface area contributed by atoms with Gasteiger partial charge in [-0.3, -0.25) is 4.79 Å². The largest absolute Gasteiger partial charge is 0.466 e. The number of ether oxygens (including phenoxy) is 1. The van der Waals surface area contributed by atoms with Crippen LogP contribution >= 0.6 is 0 Å². The van der Waals surface area contributed by atoms with Gasteiger partial charge in [-0.1, -0.05) is 18.2 Å². The lowest BCUT2D eigenvalue weighted by atomic mass is 10.1. The van der Waals surface area contributed by atoms with Gasteiger partial charge in [0, 0.05) is 49.8 Å². The van der Waals surface area contributed by atoms with E-state index in [-0.39, 0.29) is 12.0 Å². The number of pyridine rings is 1. The summed E-state index contributed by atoms with van der Waals surface area (Å²) in [5, 5.41) is 6.64. The third kappa shape index (κ3) is 6.91. The summed E-state index contributed by atoms with van der Waals surface area (Å²) in [6.07, 6.45) is 4.40. The third-order valence-corrected chi connectivity index (χ3v) is 6.42. The molecule has 1 saturated heterocycles. The van der Waals surface area contributed by atoms with Crippen molar-refractivity contribution >= 4 is 23.3 Å². The van der Waals surface area contributed by atoms with Crippen molar-refractivity contribution < 1.29 is 9.53 Å². The molecular weight excluding hydrogens is 492 g/mol. The lowest BCUT2D eigenvalue weighted by Crippen LogP contribution is -2.52. The molecule has 0 spiro atoms. The molecule has 0 aliphatic carbocycles. The van der Waals surface area contributed by atoms with E-state index >= 15 is 0 Å². The first-order chi connectivity index (χ1) is 19.1. The maximum atomic E-state index is 12.1. The zero-order valence-electron chi connectivity index (χ0n) is 22.2. The van der Waals surface area contributed by atoms with Gasteiger partial charge in [0.1, 0.15) is 23.2 Å². The summed E-state index contributed by atoms with van der Waals surface area (Å²) in [5.74, 6) is 2.37. The van der Waals surface area contributed by atoms with Crippen LogP contribution in [0.3, 0.4) is 0 Å². The fraction of sp³-hybridized carbons (Fsp3) is 0.310. The standard InChI is InChI=1S/C29H32N8O2/c1-3-39-28(38)18-23-19-30-15-16-37(23)22-9-7-21(8-10-22)17-27-31-13-11-25(35-27)34-26-12-14-32-29(36-26)24-6-4-5-20(2)33-24/h4-14,23,30H,3,15-19H2,1-2H3,(H,31,32,34,35,36). The molecule has 1 aliphatic rings. The summed E-state index contributed by atoms with van der Waals surface area (Å²) in [6, 6.07) is 17.8. The number of esters is 1. The quantitative estimate of drug-likeness (QED) is 0.314. The van der Waals surface area contributed by atoms with Crippen molar-refractivity contribution in [2.45, 2.75) is 32.7 Å². The van der Waals surface area contributed by atoms with E-state index in [0.717, 1.165) is 42.3 Å². The highest BCUT2D eigenvalue weighted by atomic mass is 16.5. The first-order valence-electron chi connectivity index (χ1n) is 13.2. The van der Waals surface area contributed by atoms with E-state index in [2.05, 4.69) is 64.7 Å². The minimum absolute atomic E-state index is 0.0683. The second-order valence-corrected chi connectivity index (χ2v) is 9.32. The lowest BCUT2D eigenvalue weighted by Gasteiger charge is -2.37. The Morgan fingerprint density at radius 2 is 1.82 bits per heavy atom. The summed E-state index contributed by atoms with van der Waals surface area (Å²) in [4.78, 5) is 37.0. The van der Waals surface area contributed by atoms with Crippen molar-refractivity contribution in [2.24, 2.45) is 0 Å². The Kier molecular flexibility index (Phi) is 8.33. The number of benzene rings is 1. The molecule has 10 nitrogen and oxygen atoms in total. The summed E-state index contributed by atoms with van der Waals surface area (Å²) < 4.78 is 5.17. The van der Waals surface area contributed by atoms with Crippen LogP contribution in [0.2, 0.25) is 0 Å². The first-order valence-corrected chi connectivity index (χ1v) is 13.2. The van der Waals surface area contributed by atoms with Crippen LogP contribution in [0.4, 0.5) is 17.3 Å². The average molecular weight is 525 g/mol. The summed E-state index contributed by atoms with van der Waals surface area (Å²) in [6.45, 7) is 6.64. The molecule has 0 bridgehead atoms. The van der Waals surface area contributed by atoms with Crippen LogP contribution in [0.15, 0.2) is 67.0 Å². The average Bonchev–Trinajstić information content (AvgIpc) is 2.94. The van der Waals surface area contributed by atoms with E-state index in [1.807, 2.05) is 38.1 Å². The van der Waals surface area contributed by atoms with Crippen LogP contribution in [-0.2, 0) is 16.0 Å². The molecule has 4 heterocycles. The zero-order chi connectivity index (χ0) is 27.0. The molecular formula is C29H32N8O2. The fourth-order valence-corrected chi connectivity index (χ4v) is 4.59. The Bertz CT molecular complexity index is 1410. The number of nitrogens with zero attached hydrogens (tertiary/aromatic N) is 6. The highest BCUT2D eigenvalue weighted by Crippen LogP contribution is 2.22. The minimum atomic E-state index is -0.163. The number of rotatable bonds is 9. The third-order valence-electron chi connectivity index (χ3n) is 6.42. The normalized spacial score (nSPS) is 15.1. The molecule has 1 fully saturated rings. The maximum absolute atomic E-state index is 12.1. The van der Waals surface area contributed by atoms with E-state index in [1.165, 1.54) is 0 Å². The van der Waals surface area contributed by atoms with E-state index in [9.17, 15) is 4.79 Å². The number of nitrogens with one attached hydrogen (secondary N) is 2. The number of aromatic nitrogens is 5. The van der Waals surface area contributed by atoms with Crippen LogP contribution in [-0.4, -0.2) is 63.2 Å². The highest BCUT2D eigenvalue weighted by molar-refractivity contribution is 5.71. The lowest BCUT2D eigenvalue weighted by molar-refractivity contribution is -0.143. The van der Waals surface area contributed by atoms with Gasteiger partial charge in [0.15, 0.2) is 5.82 Å². The number of carbonyl (C=O) groups is 1. The molecule has 2 N–H and O–H groups in total. The molecule has 200 valence electrons. The van der Waals surface area contributed by atoms with Crippen molar-refractivity contribution in [1.82, 2.24) is 30.2 Å². The summed E-state index contributed by atoms with van der Waals surface area (Å²) in [5.41, 5.74) is 3.82. The zero-order valence-corrected chi connectivity index (χ0v) is 22.2. The number of hydrogen-bond acceptors (Lipinski definition) is 10. The van der Waals surface area contributed by atoms with Crippen LogP contribution in [0.1, 0.15) is 30.4 Å². The molecule has 10 heteroatoms. The fourth-order valence-electron chi connectivity index (χ4n) is 4.59. The molecule has 1 unspecified atom stereocenters. The Balaban J connectivity index is 1.24. The molecule has 1 aliphatic heterocycles. The Morgan fingerprint density at radius 3 is 2.62 bits per heavy atom. The molecule has 4 aromatic rings. The van der Waals surface area contributed by atoms with Gasteiger partial charge >= 0.3 is 5.97 Å². The predicted molar refractivity (Wildman–Crippen MR) is 150 cm³/mol. The molecule has 5 rings (SSSR count). The van der Waals surface area contributed by atoms with Gasteiger partial charge in [-0.25, -0.2) is 24.9 Å². The van der Waals surface area contributed by atoms with Crippen LogP contribution < -0.4 is 15.5 Å². The summed E-state index contributed by atoms with van der Waals surface area (Å²) >= 11 is 0. The molecule has 0 radical (unpaired) electrons.